The molecule has 0 aliphatic carbocycles. The molecular formula is C18H21N5O4S. The lowest BCUT2D eigenvalue weighted by Crippen LogP contribution is -2.41. The topological polar surface area (TPSA) is 123 Å². The monoisotopic (exact) mass is 403 g/mol. The molecule has 1 saturated heterocycles. The van der Waals surface area contributed by atoms with Gasteiger partial charge in [-0.25, -0.2) is 18.4 Å². The number of morpholine rings is 1. The number of fused-ring (bicyclic) bond motifs is 1. The number of aromatic nitrogens is 3. The van der Waals surface area contributed by atoms with E-state index in [1.165, 1.54) is 25.6 Å². The lowest BCUT2D eigenvalue weighted by molar-refractivity contribution is 0.0530. The van der Waals surface area contributed by atoms with Crippen LogP contribution in [0.3, 0.4) is 0 Å². The van der Waals surface area contributed by atoms with Gasteiger partial charge in [-0.3, -0.25) is 0 Å². The lowest BCUT2D eigenvalue weighted by Gasteiger charge is -2.32. The van der Waals surface area contributed by atoms with E-state index in [-0.39, 0.29) is 27.2 Å². The number of nitrogens with one attached hydrogen (secondary N) is 1. The van der Waals surface area contributed by atoms with Crippen LogP contribution in [0, 0.1) is 0 Å². The first-order chi connectivity index (χ1) is 13.4. The summed E-state index contributed by atoms with van der Waals surface area (Å²) in [4.78, 5) is 13.6. The normalized spacial score (nSPS) is 17.8. The standard InChI is InChI=1S/C18H21N5O4S/c1-11-9-23(6-7-27-11)18-15-14(20-10-21-18)16(17(19)22-15)28(24,25)13-5-3-4-12(8-13)26-2/h3-5,8,10-11,22H,6-7,9,19H2,1-2H3. The maximum atomic E-state index is 13.3. The number of H-pyrrole nitrogens is 1. The summed E-state index contributed by atoms with van der Waals surface area (Å²) in [5.74, 6) is 1.08. The second-order valence-corrected chi connectivity index (χ2v) is 8.49. The number of sulfone groups is 1. The zero-order chi connectivity index (χ0) is 19.9. The van der Waals surface area contributed by atoms with Crippen LogP contribution < -0.4 is 15.4 Å². The van der Waals surface area contributed by atoms with Gasteiger partial charge < -0.3 is 25.1 Å². The molecule has 2 aromatic heterocycles. The van der Waals surface area contributed by atoms with Gasteiger partial charge in [-0.1, -0.05) is 6.07 Å². The number of nitrogen functional groups attached to an aromatic ring is 1. The first-order valence-electron chi connectivity index (χ1n) is 8.79. The highest BCUT2D eigenvalue weighted by atomic mass is 32.2. The van der Waals surface area contributed by atoms with E-state index >= 15 is 0 Å². The van der Waals surface area contributed by atoms with E-state index in [4.69, 9.17) is 15.2 Å². The molecule has 3 heterocycles. The van der Waals surface area contributed by atoms with E-state index in [1.54, 1.807) is 12.1 Å². The number of anilines is 2. The van der Waals surface area contributed by atoms with Crippen molar-refractivity contribution in [1.29, 1.82) is 0 Å². The van der Waals surface area contributed by atoms with Gasteiger partial charge in [0.2, 0.25) is 9.84 Å². The summed E-state index contributed by atoms with van der Waals surface area (Å²) < 4.78 is 37.3. The van der Waals surface area contributed by atoms with Crippen LogP contribution >= 0.6 is 0 Å². The second kappa shape index (κ2) is 6.95. The highest BCUT2D eigenvalue weighted by molar-refractivity contribution is 7.92. The molecule has 28 heavy (non-hydrogen) atoms. The summed E-state index contributed by atoms with van der Waals surface area (Å²) in [5.41, 5.74) is 6.86. The Morgan fingerprint density at radius 1 is 1.36 bits per heavy atom. The fraction of sp³-hybridized carbons (Fsp3) is 0.333. The molecule has 0 bridgehead atoms. The minimum Gasteiger partial charge on any atom is -0.497 e. The predicted molar refractivity (Wildman–Crippen MR) is 104 cm³/mol. The molecule has 1 unspecified atom stereocenters. The molecule has 0 saturated carbocycles. The molecular weight excluding hydrogens is 382 g/mol. The van der Waals surface area contributed by atoms with Gasteiger partial charge in [0.1, 0.15) is 33.8 Å². The summed E-state index contributed by atoms with van der Waals surface area (Å²) in [6.07, 6.45) is 1.40. The SMILES string of the molecule is COc1cccc(S(=O)(=O)c2c(N)[nH]c3c(N4CCOC(C)C4)ncnc23)c1. The van der Waals surface area contributed by atoms with E-state index in [9.17, 15) is 8.42 Å². The highest BCUT2D eigenvalue weighted by Crippen LogP contribution is 2.36. The quantitative estimate of drug-likeness (QED) is 0.673. The number of benzene rings is 1. The molecule has 4 rings (SSSR count). The van der Waals surface area contributed by atoms with Crippen molar-refractivity contribution in [3.05, 3.63) is 30.6 Å². The number of aromatic amines is 1. The van der Waals surface area contributed by atoms with Crippen molar-refractivity contribution in [2.45, 2.75) is 22.8 Å². The Bertz CT molecular complexity index is 1130. The van der Waals surface area contributed by atoms with Gasteiger partial charge in [-0.15, -0.1) is 0 Å². The van der Waals surface area contributed by atoms with Crippen molar-refractivity contribution in [1.82, 2.24) is 15.0 Å². The van der Waals surface area contributed by atoms with Crippen molar-refractivity contribution in [3.8, 4) is 5.75 Å². The summed E-state index contributed by atoms with van der Waals surface area (Å²) in [5, 5.41) is 0. The smallest absolute Gasteiger partial charge is 0.212 e. The van der Waals surface area contributed by atoms with Crippen molar-refractivity contribution < 1.29 is 17.9 Å². The van der Waals surface area contributed by atoms with Gasteiger partial charge in [-0.2, -0.15) is 0 Å². The first kappa shape index (κ1) is 18.5. The molecule has 0 amide bonds. The number of methoxy groups -OCH3 is 1. The molecule has 1 aliphatic rings. The van der Waals surface area contributed by atoms with Crippen LogP contribution in [0.25, 0.3) is 11.0 Å². The Labute approximate surface area is 162 Å². The highest BCUT2D eigenvalue weighted by Gasteiger charge is 2.29. The molecule has 148 valence electrons. The molecule has 3 N–H and O–H groups in total. The number of nitrogens with zero attached hydrogens (tertiary/aromatic N) is 3. The average molecular weight is 403 g/mol. The third-order valence-corrected chi connectivity index (χ3v) is 6.53. The zero-order valence-corrected chi connectivity index (χ0v) is 16.4. The van der Waals surface area contributed by atoms with Crippen LogP contribution in [0.15, 0.2) is 40.4 Å². The van der Waals surface area contributed by atoms with Crippen molar-refractivity contribution >= 4 is 32.5 Å². The Kier molecular flexibility index (Phi) is 4.60. The molecule has 3 aromatic rings. The van der Waals surface area contributed by atoms with Gasteiger partial charge in [0, 0.05) is 13.1 Å². The van der Waals surface area contributed by atoms with Crippen molar-refractivity contribution in [2.24, 2.45) is 0 Å². The number of hydrogen-bond donors (Lipinski definition) is 2. The van der Waals surface area contributed by atoms with Gasteiger partial charge in [-0.05, 0) is 25.1 Å². The van der Waals surface area contributed by atoms with E-state index < -0.39 is 9.84 Å². The fourth-order valence-electron chi connectivity index (χ4n) is 3.39. The first-order valence-corrected chi connectivity index (χ1v) is 10.3. The fourth-order valence-corrected chi connectivity index (χ4v) is 4.91. The Morgan fingerprint density at radius 2 is 2.18 bits per heavy atom. The minimum absolute atomic E-state index is 0.0286. The Balaban J connectivity index is 1.86. The third kappa shape index (κ3) is 3.04. The van der Waals surface area contributed by atoms with Gasteiger partial charge in [0.15, 0.2) is 5.82 Å². The molecule has 0 spiro atoms. The average Bonchev–Trinajstić information content (AvgIpc) is 3.04. The Hall–Kier alpha value is -2.85. The van der Waals surface area contributed by atoms with E-state index in [0.29, 0.717) is 36.8 Å². The number of nitrogens with two attached hydrogens (primary N) is 1. The van der Waals surface area contributed by atoms with Crippen LogP contribution in [-0.2, 0) is 14.6 Å². The zero-order valence-electron chi connectivity index (χ0n) is 15.5. The van der Waals surface area contributed by atoms with Crippen molar-refractivity contribution in [3.63, 3.8) is 0 Å². The van der Waals surface area contributed by atoms with E-state index in [1.807, 2.05) is 11.8 Å². The largest absolute Gasteiger partial charge is 0.497 e. The maximum Gasteiger partial charge on any atom is 0.212 e. The molecule has 1 fully saturated rings. The van der Waals surface area contributed by atoms with Gasteiger partial charge in [0.05, 0.1) is 24.7 Å². The number of hydrogen-bond acceptors (Lipinski definition) is 8. The second-order valence-electron chi connectivity index (χ2n) is 6.60. The molecule has 0 radical (unpaired) electrons. The van der Waals surface area contributed by atoms with Crippen LogP contribution in [0.4, 0.5) is 11.6 Å². The van der Waals surface area contributed by atoms with Crippen LogP contribution in [0.2, 0.25) is 0 Å². The van der Waals surface area contributed by atoms with E-state index in [2.05, 4.69) is 15.0 Å². The van der Waals surface area contributed by atoms with Crippen LogP contribution in [-0.4, -0.2) is 56.3 Å². The minimum atomic E-state index is -3.91. The number of ether oxygens (including phenoxy) is 2. The molecule has 1 aromatic carbocycles. The predicted octanol–water partition coefficient (Wildman–Crippen LogP) is 1.61. The Morgan fingerprint density at radius 3 is 2.93 bits per heavy atom. The summed E-state index contributed by atoms with van der Waals surface area (Å²) >= 11 is 0. The van der Waals surface area contributed by atoms with Crippen LogP contribution in [0.5, 0.6) is 5.75 Å². The van der Waals surface area contributed by atoms with Gasteiger partial charge >= 0.3 is 0 Å². The number of rotatable bonds is 4. The molecule has 1 atom stereocenters. The summed E-state index contributed by atoms with van der Waals surface area (Å²) in [7, 11) is -2.43. The summed E-state index contributed by atoms with van der Waals surface area (Å²) in [6.45, 7) is 3.83. The lowest BCUT2D eigenvalue weighted by atomic mass is 10.3. The van der Waals surface area contributed by atoms with Gasteiger partial charge in [0.25, 0.3) is 0 Å². The molecule has 1 aliphatic heterocycles. The maximum absolute atomic E-state index is 13.3. The molecule has 10 heteroatoms. The molecule has 9 nitrogen and oxygen atoms in total. The summed E-state index contributed by atoms with van der Waals surface area (Å²) in [6, 6.07) is 6.25. The van der Waals surface area contributed by atoms with Crippen LogP contribution in [0.1, 0.15) is 6.92 Å². The van der Waals surface area contributed by atoms with Crippen molar-refractivity contribution in [2.75, 3.05) is 37.4 Å². The third-order valence-electron chi connectivity index (χ3n) is 4.71. The van der Waals surface area contributed by atoms with E-state index in [0.717, 1.165) is 0 Å².